The zero-order valence-corrected chi connectivity index (χ0v) is 10.00. The number of aromatic nitrogens is 4. The van der Waals surface area contributed by atoms with Gasteiger partial charge >= 0.3 is 5.69 Å². The molecule has 0 aliphatic rings. The first-order chi connectivity index (χ1) is 8.61. The lowest BCUT2D eigenvalue weighted by Gasteiger charge is -2.03. The van der Waals surface area contributed by atoms with E-state index in [1.165, 1.54) is 15.5 Å². The maximum atomic E-state index is 12.2. The summed E-state index contributed by atoms with van der Waals surface area (Å²) in [5, 5.41) is 0. The molecule has 0 atom stereocenters. The highest BCUT2D eigenvalue weighted by Gasteiger charge is 2.16. The van der Waals surface area contributed by atoms with E-state index in [9.17, 15) is 4.79 Å². The van der Waals surface area contributed by atoms with E-state index < -0.39 is 0 Å². The third-order valence-electron chi connectivity index (χ3n) is 2.61. The van der Waals surface area contributed by atoms with Crippen molar-refractivity contribution in [2.24, 2.45) is 7.05 Å². The molecular formula is C12H13N5O. The Labute approximate surface area is 103 Å². The lowest BCUT2D eigenvalue weighted by atomic mass is 10.3. The zero-order valence-electron chi connectivity index (χ0n) is 10.00. The number of allylic oxidation sites excluding steroid dienone is 4. The van der Waals surface area contributed by atoms with Gasteiger partial charge in [-0.2, -0.15) is 0 Å². The van der Waals surface area contributed by atoms with Crippen LogP contribution in [-0.2, 0) is 7.05 Å². The van der Waals surface area contributed by atoms with Crippen molar-refractivity contribution in [2.45, 2.75) is 0 Å². The van der Waals surface area contributed by atoms with E-state index in [1.54, 1.807) is 25.3 Å². The quantitative estimate of drug-likeness (QED) is 0.813. The summed E-state index contributed by atoms with van der Waals surface area (Å²) >= 11 is 0. The molecule has 0 aliphatic heterocycles. The molecule has 0 amide bonds. The lowest BCUT2D eigenvalue weighted by Crippen LogP contribution is -2.21. The fourth-order valence-electron chi connectivity index (χ4n) is 1.77. The van der Waals surface area contributed by atoms with E-state index in [2.05, 4.69) is 23.1 Å². The summed E-state index contributed by atoms with van der Waals surface area (Å²) in [5.74, 6) is 0.245. The van der Waals surface area contributed by atoms with Gasteiger partial charge in [-0.25, -0.2) is 14.8 Å². The Balaban J connectivity index is 2.99. The average molecular weight is 243 g/mol. The van der Waals surface area contributed by atoms with E-state index in [-0.39, 0.29) is 11.5 Å². The van der Waals surface area contributed by atoms with Crippen LogP contribution in [0.4, 0.5) is 5.82 Å². The van der Waals surface area contributed by atoms with Crippen molar-refractivity contribution in [3.05, 3.63) is 48.2 Å². The maximum Gasteiger partial charge on any atom is 0.334 e. The van der Waals surface area contributed by atoms with Crippen LogP contribution in [0.3, 0.4) is 0 Å². The van der Waals surface area contributed by atoms with E-state index in [1.807, 2.05) is 0 Å². The Bertz CT molecular complexity index is 720. The molecule has 0 saturated heterocycles. The number of nitrogens with two attached hydrogens (primary N) is 1. The van der Waals surface area contributed by atoms with E-state index in [4.69, 9.17) is 5.73 Å². The molecule has 0 fully saturated rings. The van der Waals surface area contributed by atoms with Gasteiger partial charge in [0.05, 0.1) is 5.70 Å². The third kappa shape index (κ3) is 1.55. The Morgan fingerprint density at radius 3 is 2.78 bits per heavy atom. The van der Waals surface area contributed by atoms with Crippen molar-refractivity contribution >= 4 is 22.7 Å². The number of anilines is 1. The predicted molar refractivity (Wildman–Crippen MR) is 71.8 cm³/mol. The average Bonchev–Trinajstić information content (AvgIpc) is 2.62. The van der Waals surface area contributed by atoms with Crippen molar-refractivity contribution in [1.82, 2.24) is 19.1 Å². The molecule has 6 nitrogen and oxygen atoms in total. The molecule has 2 aromatic heterocycles. The van der Waals surface area contributed by atoms with Gasteiger partial charge < -0.3 is 5.73 Å². The first-order valence-electron chi connectivity index (χ1n) is 5.25. The fraction of sp³-hybridized carbons (Fsp3) is 0.0833. The van der Waals surface area contributed by atoms with Crippen molar-refractivity contribution in [3.8, 4) is 0 Å². The summed E-state index contributed by atoms with van der Waals surface area (Å²) in [5.41, 5.74) is 7.08. The molecule has 2 rings (SSSR count). The molecule has 92 valence electrons. The number of nitrogen functional groups attached to an aromatic ring is 1. The molecule has 0 aliphatic carbocycles. The minimum atomic E-state index is -0.259. The minimum Gasteiger partial charge on any atom is -0.382 e. The molecule has 0 bridgehead atoms. The topological polar surface area (TPSA) is 78.7 Å². The Morgan fingerprint density at radius 1 is 1.44 bits per heavy atom. The van der Waals surface area contributed by atoms with Gasteiger partial charge in [0.1, 0.15) is 11.8 Å². The van der Waals surface area contributed by atoms with Crippen LogP contribution in [0.2, 0.25) is 0 Å². The monoisotopic (exact) mass is 243 g/mol. The van der Waals surface area contributed by atoms with Crippen molar-refractivity contribution in [1.29, 1.82) is 0 Å². The Kier molecular flexibility index (Phi) is 2.85. The van der Waals surface area contributed by atoms with E-state index >= 15 is 0 Å². The molecular weight excluding hydrogens is 230 g/mol. The van der Waals surface area contributed by atoms with Crippen molar-refractivity contribution in [3.63, 3.8) is 0 Å². The standard InChI is InChI=1S/C12H13N5O/c1-4-6-8(5-2)17-9-10(13)14-7-15-11(9)16(3)12(17)18/h4-7H,1-2H2,3H3,(H2,13,14,15)/b8-6+. The first kappa shape index (κ1) is 11.8. The maximum absolute atomic E-state index is 12.2. The van der Waals surface area contributed by atoms with Crippen LogP contribution in [0.15, 0.2) is 42.5 Å². The highest BCUT2D eigenvalue weighted by molar-refractivity contribution is 5.86. The second kappa shape index (κ2) is 4.33. The van der Waals surface area contributed by atoms with Gasteiger partial charge in [0.25, 0.3) is 0 Å². The van der Waals surface area contributed by atoms with Gasteiger partial charge in [-0.1, -0.05) is 19.2 Å². The largest absolute Gasteiger partial charge is 0.382 e. The molecule has 6 heteroatoms. The smallest absolute Gasteiger partial charge is 0.334 e. The highest BCUT2D eigenvalue weighted by Crippen LogP contribution is 2.18. The molecule has 2 N–H and O–H groups in total. The van der Waals surface area contributed by atoms with Crippen LogP contribution in [0.1, 0.15) is 0 Å². The summed E-state index contributed by atoms with van der Waals surface area (Å²) in [6.45, 7) is 7.28. The van der Waals surface area contributed by atoms with Crippen LogP contribution in [0.5, 0.6) is 0 Å². The summed E-state index contributed by atoms with van der Waals surface area (Å²) in [6, 6.07) is 0. The summed E-state index contributed by atoms with van der Waals surface area (Å²) in [7, 11) is 1.63. The number of hydrogen-bond acceptors (Lipinski definition) is 4. The number of rotatable bonds is 3. The predicted octanol–water partition coefficient (Wildman–Crippen LogP) is 0.925. The third-order valence-corrected chi connectivity index (χ3v) is 2.61. The summed E-state index contributed by atoms with van der Waals surface area (Å²) in [4.78, 5) is 20.2. The number of aryl methyl sites for hydroxylation is 1. The number of fused-ring (bicyclic) bond motifs is 1. The van der Waals surface area contributed by atoms with Crippen LogP contribution in [-0.4, -0.2) is 19.1 Å². The molecule has 2 heterocycles. The number of hydrogen-bond donors (Lipinski definition) is 1. The Morgan fingerprint density at radius 2 is 2.17 bits per heavy atom. The molecule has 0 unspecified atom stereocenters. The zero-order chi connectivity index (χ0) is 13.3. The lowest BCUT2D eigenvalue weighted by molar-refractivity contribution is 0.847. The van der Waals surface area contributed by atoms with Gasteiger partial charge in [0.15, 0.2) is 11.5 Å². The number of nitrogens with zero attached hydrogens (tertiary/aromatic N) is 4. The van der Waals surface area contributed by atoms with Crippen LogP contribution in [0, 0.1) is 0 Å². The second-order valence-corrected chi connectivity index (χ2v) is 3.64. The van der Waals surface area contributed by atoms with Gasteiger partial charge in [-0.15, -0.1) is 0 Å². The van der Waals surface area contributed by atoms with Crippen molar-refractivity contribution in [2.75, 3.05) is 5.73 Å². The van der Waals surface area contributed by atoms with Crippen LogP contribution in [0.25, 0.3) is 16.9 Å². The highest BCUT2D eigenvalue weighted by atomic mass is 16.1. The van der Waals surface area contributed by atoms with E-state index in [0.29, 0.717) is 16.9 Å². The molecule has 0 saturated carbocycles. The molecule has 0 aromatic carbocycles. The van der Waals surface area contributed by atoms with Crippen molar-refractivity contribution < 1.29 is 0 Å². The van der Waals surface area contributed by atoms with Gasteiger partial charge in [-0.3, -0.25) is 9.13 Å². The summed E-state index contributed by atoms with van der Waals surface area (Å²) in [6.07, 6.45) is 6.11. The van der Waals surface area contributed by atoms with Gasteiger partial charge in [0, 0.05) is 7.05 Å². The summed E-state index contributed by atoms with van der Waals surface area (Å²) < 4.78 is 2.83. The molecule has 0 radical (unpaired) electrons. The van der Waals surface area contributed by atoms with Crippen LogP contribution >= 0.6 is 0 Å². The Hall–Kier alpha value is -2.63. The van der Waals surface area contributed by atoms with Crippen LogP contribution < -0.4 is 11.4 Å². The number of imidazole rings is 1. The minimum absolute atomic E-state index is 0.245. The van der Waals surface area contributed by atoms with Gasteiger partial charge in [-0.05, 0) is 12.2 Å². The SMILES string of the molecule is C=C/C=C(\C=C)n1c(=O)n(C)c2ncnc(N)c21. The van der Waals surface area contributed by atoms with Gasteiger partial charge in [0.2, 0.25) is 0 Å². The molecule has 0 spiro atoms. The van der Waals surface area contributed by atoms with E-state index in [0.717, 1.165) is 0 Å². The normalized spacial score (nSPS) is 11.7. The molecule has 2 aromatic rings. The molecule has 18 heavy (non-hydrogen) atoms. The fourth-order valence-corrected chi connectivity index (χ4v) is 1.77. The second-order valence-electron chi connectivity index (χ2n) is 3.64. The first-order valence-corrected chi connectivity index (χ1v) is 5.25.